The monoisotopic (exact) mass is 496 g/mol. The van der Waals surface area contributed by atoms with Crippen LogP contribution in [0.1, 0.15) is 44.7 Å². The standard InChI is InChI=1S/C27H32N2O5S/c1-4-33-27(32)20-13-29-21(15(2)3)9-17-10-25(34-14-24(31)16-5-6-16)19(26-28-7-8-35-26)11-18(17)22(29)12-23(20)30/h7-8,10-12,15-16,20-21,24,31H,4-6,9,13-14H2,1-3H3. The van der Waals surface area contributed by atoms with Crippen LogP contribution in [0.25, 0.3) is 16.3 Å². The van der Waals surface area contributed by atoms with E-state index in [0.717, 1.165) is 46.7 Å². The maximum absolute atomic E-state index is 13.0. The van der Waals surface area contributed by atoms with Crippen molar-refractivity contribution in [3.63, 3.8) is 0 Å². The van der Waals surface area contributed by atoms with Crippen LogP contribution >= 0.6 is 11.3 Å². The third-order valence-corrected chi connectivity index (χ3v) is 8.01. The molecule has 3 aliphatic rings. The molecule has 0 radical (unpaired) electrons. The first kappa shape index (κ1) is 24.0. The van der Waals surface area contributed by atoms with Gasteiger partial charge in [0.15, 0.2) is 5.78 Å². The van der Waals surface area contributed by atoms with Crippen molar-refractivity contribution in [2.24, 2.45) is 17.8 Å². The summed E-state index contributed by atoms with van der Waals surface area (Å²) in [5.41, 5.74) is 3.77. The second-order valence-electron chi connectivity index (χ2n) is 9.96. The van der Waals surface area contributed by atoms with Gasteiger partial charge in [-0.15, -0.1) is 11.3 Å². The number of ether oxygens (including phenoxy) is 2. The van der Waals surface area contributed by atoms with Crippen molar-refractivity contribution in [2.75, 3.05) is 19.8 Å². The number of aliphatic hydroxyl groups excluding tert-OH is 1. The third kappa shape index (κ3) is 4.74. The SMILES string of the molecule is CCOC(=O)C1CN2C(=CC1=O)c1cc(-c3nccs3)c(OCC(O)C3CC3)cc1CC2C(C)C. The average Bonchev–Trinajstić information content (AvgIpc) is 3.55. The first-order chi connectivity index (χ1) is 16.9. The molecule has 35 heavy (non-hydrogen) atoms. The molecule has 1 aromatic carbocycles. The number of esters is 1. The molecule has 1 saturated carbocycles. The molecule has 0 saturated heterocycles. The Kier molecular flexibility index (Phi) is 6.68. The lowest BCUT2D eigenvalue weighted by Gasteiger charge is -2.45. The minimum Gasteiger partial charge on any atom is -0.490 e. The van der Waals surface area contributed by atoms with Gasteiger partial charge in [0.25, 0.3) is 0 Å². The smallest absolute Gasteiger partial charge is 0.318 e. The van der Waals surface area contributed by atoms with Gasteiger partial charge in [-0.2, -0.15) is 0 Å². The largest absolute Gasteiger partial charge is 0.490 e. The summed E-state index contributed by atoms with van der Waals surface area (Å²) < 4.78 is 11.4. The van der Waals surface area contributed by atoms with Crippen molar-refractivity contribution in [1.82, 2.24) is 9.88 Å². The van der Waals surface area contributed by atoms with Crippen LogP contribution in [0, 0.1) is 17.8 Å². The van der Waals surface area contributed by atoms with Crippen molar-refractivity contribution in [3.05, 3.63) is 40.9 Å². The summed E-state index contributed by atoms with van der Waals surface area (Å²) in [6.45, 7) is 6.91. The zero-order valence-corrected chi connectivity index (χ0v) is 21.2. The summed E-state index contributed by atoms with van der Waals surface area (Å²) in [4.78, 5) is 32.2. The van der Waals surface area contributed by atoms with Crippen LogP contribution in [0.5, 0.6) is 5.75 Å². The van der Waals surface area contributed by atoms with Crippen molar-refractivity contribution in [3.8, 4) is 16.3 Å². The average molecular weight is 497 g/mol. The Morgan fingerprint density at radius 1 is 1.29 bits per heavy atom. The van der Waals surface area contributed by atoms with Gasteiger partial charge in [0.05, 0.1) is 18.3 Å². The highest BCUT2D eigenvalue weighted by Crippen LogP contribution is 2.44. The maximum Gasteiger partial charge on any atom is 0.318 e. The normalized spacial score (nSPS) is 22.4. The molecule has 186 valence electrons. The number of carbonyl (C=O) groups is 2. The highest BCUT2D eigenvalue weighted by molar-refractivity contribution is 7.13. The lowest BCUT2D eigenvalue weighted by atomic mass is 9.81. The summed E-state index contributed by atoms with van der Waals surface area (Å²) in [6, 6.07) is 4.25. The number of hydrogen-bond donors (Lipinski definition) is 1. The molecule has 1 aromatic heterocycles. The van der Waals surface area contributed by atoms with Gasteiger partial charge in [0.2, 0.25) is 0 Å². The molecule has 0 amide bonds. The van der Waals surface area contributed by atoms with Gasteiger partial charge < -0.3 is 19.5 Å². The topological polar surface area (TPSA) is 89.0 Å². The molecular formula is C27H32N2O5S. The number of nitrogens with zero attached hydrogens (tertiary/aromatic N) is 2. The van der Waals surface area contributed by atoms with Gasteiger partial charge >= 0.3 is 5.97 Å². The molecule has 0 spiro atoms. The zero-order chi connectivity index (χ0) is 24.7. The van der Waals surface area contributed by atoms with E-state index in [-0.39, 0.29) is 25.0 Å². The van der Waals surface area contributed by atoms with Crippen LogP contribution in [0.3, 0.4) is 0 Å². The Labute approximate surface area is 209 Å². The summed E-state index contributed by atoms with van der Waals surface area (Å²) in [7, 11) is 0. The van der Waals surface area contributed by atoms with E-state index < -0.39 is 18.0 Å². The van der Waals surface area contributed by atoms with Gasteiger partial charge in [-0.05, 0) is 55.7 Å². The number of aliphatic hydroxyl groups is 1. The predicted octanol–water partition coefficient (Wildman–Crippen LogP) is 3.95. The Morgan fingerprint density at radius 3 is 2.74 bits per heavy atom. The molecule has 3 unspecified atom stereocenters. The predicted molar refractivity (Wildman–Crippen MR) is 134 cm³/mol. The molecule has 2 aliphatic heterocycles. The van der Waals surface area contributed by atoms with Crippen LogP contribution in [-0.4, -0.2) is 58.6 Å². The molecule has 5 rings (SSSR count). The van der Waals surface area contributed by atoms with E-state index in [4.69, 9.17) is 9.47 Å². The molecule has 3 heterocycles. The Balaban J connectivity index is 1.56. The van der Waals surface area contributed by atoms with Crippen molar-refractivity contribution in [1.29, 1.82) is 0 Å². The lowest BCUT2D eigenvalue weighted by Crippen LogP contribution is -2.50. The second-order valence-corrected chi connectivity index (χ2v) is 10.9. The number of aromatic nitrogens is 1. The molecule has 0 bridgehead atoms. The van der Waals surface area contributed by atoms with E-state index >= 15 is 0 Å². The fourth-order valence-corrected chi connectivity index (χ4v) is 5.74. The molecule has 1 aliphatic carbocycles. The molecule has 8 heteroatoms. The molecule has 7 nitrogen and oxygen atoms in total. The second kappa shape index (κ2) is 9.74. The molecular weight excluding hydrogens is 464 g/mol. The number of allylic oxidation sites excluding steroid dienone is 1. The minimum absolute atomic E-state index is 0.134. The first-order valence-corrected chi connectivity index (χ1v) is 13.3. The number of benzene rings is 1. The van der Waals surface area contributed by atoms with E-state index in [1.54, 1.807) is 19.2 Å². The molecule has 1 N–H and O–H groups in total. The fourth-order valence-electron chi connectivity index (χ4n) is 5.08. The highest BCUT2D eigenvalue weighted by atomic mass is 32.1. The zero-order valence-electron chi connectivity index (χ0n) is 20.4. The van der Waals surface area contributed by atoms with Crippen LogP contribution in [-0.2, 0) is 20.7 Å². The summed E-state index contributed by atoms with van der Waals surface area (Å²) >= 11 is 1.52. The minimum atomic E-state index is -0.800. The highest BCUT2D eigenvalue weighted by Gasteiger charge is 2.41. The number of thiazole rings is 1. The third-order valence-electron chi connectivity index (χ3n) is 7.20. The molecule has 2 aromatic rings. The maximum atomic E-state index is 13.0. The van der Waals surface area contributed by atoms with Crippen molar-refractivity contribution >= 4 is 28.8 Å². The van der Waals surface area contributed by atoms with Gasteiger partial charge in [-0.3, -0.25) is 9.59 Å². The number of rotatable bonds is 8. The number of fused-ring (bicyclic) bond motifs is 3. The Hall–Kier alpha value is -2.71. The quantitative estimate of drug-likeness (QED) is 0.437. The summed E-state index contributed by atoms with van der Waals surface area (Å²) in [5, 5.41) is 13.1. The van der Waals surface area contributed by atoms with Crippen LogP contribution in [0.2, 0.25) is 0 Å². The van der Waals surface area contributed by atoms with Gasteiger partial charge in [0.1, 0.15) is 23.3 Å². The molecule has 1 fully saturated rings. The van der Waals surface area contributed by atoms with Crippen molar-refractivity contribution < 1.29 is 24.2 Å². The van der Waals surface area contributed by atoms with E-state index in [1.165, 1.54) is 11.3 Å². The summed E-state index contributed by atoms with van der Waals surface area (Å²) in [6.07, 6.45) is 5.78. The molecule has 3 atom stereocenters. The number of ketones is 1. The van der Waals surface area contributed by atoms with Crippen LogP contribution in [0.4, 0.5) is 0 Å². The number of hydrogen-bond acceptors (Lipinski definition) is 8. The van der Waals surface area contributed by atoms with E-state index in [0.29, 0.717) is 24.1 Å². The first-order valence-electron chi connectivity index (χ1n) is 12.4. The summed E-state index contributed by atoms with van der Waals surface area (Å²) in [5.74, 6) is -0.118. The van der Waals surface area contributed by atoms with Gasteiger partial charge in [-0.1, -0.05) is 13.8 Å². The fraction of sp³-hybridized carbons (Fsp3) is 0.519. The van der Waals surface area contributed by atoms with Crippen molar-refractivity contribution in [2.45, 2.75) is 52.2 Å². The lowest BCUT2D eigenvalue weighted by molar-refractivity contribution is -0.151. The van der Waals surface area contributed by atoms with Crippen LogP contribution in [0.15, 0.2) is 29.8 Å². The van der Waals surface area contributed by atoms with E-state index in [2.05, 4.69) is 35.9 Å². The van der Waals surface area contributed by atoms with Gasteiger partial charge in [-0.25, -0.2) is 4.98 Å². The van der Waals surface area contributed by atoms with E-state index in [1.807, 2.05) is 5.38 Å². The Bertz CT molecular complexity index is 1140. The number of carbonyl (C=O) groups excluding carboxylic acids is 2. The van der Waals surface area contributed by atoms with Crippen LogP contribution < -0.4 is 4.74 Å². The van der Waals surface area contributed by atoms with E-state index in [9.17, 15) is 14.7 Å². The van der Waals surface area contributed by atoms with Gasteiger partial charge in [0, 0.05) is 41.5 Å². The Morgan fingerprint density at radius 2 is 2.09 bits per heavy atom.